The number of rotatable bonds is 2. The minimum atomic E-state index is -1.02. The molecule has 1 saturated carbocycles. The first kappa shape index (κ1) is 21.3. The van der Waals surface area contributed by atoms with Crippen LogP contribution in [0.15, 0.2) is 0 Å². The van der Waals surface area contributed by atoms with Crippen LogP contribution in [0.25, 0.3) is 0 Å². The normalized spacial score (nSPS) is 28.3. The number of aliphatic carboxylic acids is 1. The van der Waals surface area contributed by atoms with Gasteiger partial charge < -0.3 is 19.9 Å². The van der Waals surface area contributed by atoms with Crippen molar-refractivity contribution in [2.24, 2.45) is 5.92 Å². The number of alkyl carbamates (subject to hydrolysis) is 1. The fourth-order valence-electron chi connectivity index (χ4n) is 3.86. The van der Waals surface area contributed by atoms with Gasteiger partial charge in [-0.1, -0.05) is 0 Å². The molecule has 2 fully saturated rings. The number of carbonyl (C=O) groups is 3. The number of hydrogen-bond donors (Lipinski definition) is 2. The van der Waals surface area contributed by atoms with Gasteiger partial charge >= 0.3 is 18.2 Å². The minimum Gasteiger partial charge on any atom is -0.480 e. The molecule has 2 aliphatic rings. The summed E-state index contributed by atoms with van der Waals surface area (Å²) in [4.78, 5) is 37.8. The second-order valence-electron chi connectivity index (χ2n) is 9.46. The standard InChI is InChI=1S/C19H32N2O6/c1-18(2,3)26-16(24)20-12-8-7-11-9-14(15(22)23)21(13(11)10-12)17(25)27-19(4,5)6/h11-14H,7-10H2,1-6H3,(H,20,24)(H,22,23)/t11-,12+,13-,14-/m0/s1. The fraction of sp³-hybridized carbons (Fsp3) is 0.842. The van der Waals surface area contributed by atoms with Gasteiger partial charge in [0.05, 0.1) is 0 Å². The van der Waals surface area contributed by atoms with Crippen LogP contribution >= 0.6 is 0 Å². The lowest BCUT2D eigenvalue weighted by molar-refractivity contribution is -0.142. The van der Waals surface area contributed by atoms with E-state index in [4.69, 9.17) is 9.47 Å². The zero-order valence-corrected chi connectivity index (χ0v) is 17.1. The molecule has 0 unspecified atom stereocenters. The topological polar surface area (TPSA) is 105 Å². The quantitative estimate of drug-likeness (QED) is 0.758. The lowest BCUT2D eigenvalue weighted by Gasteiger charge is -2.37. The summed E-state index contributed by atoms with van der Waals surface area (Å²) in [6, 6.07) is -1.33. The first-order valence-electron chi connectivity index (χ1n) is 9.50. The second-order valence-corrected chi connectivity index (χ2v) is 9.46. The Kier molecular flexibility index (Phi) is 5.97. The van der Waals surface area contributed by atoms with Gasteiger partial charge in [-0.2, -0.15) is 0 Å². The van der Waals surface area contributed by atoms with E-state index >= 15 is 0 Å². The monoisotopic (exact) mass is 384 g/mol. The molecule has 0 bridgehead atoms. The van der Waals surface area contributed by atoms with Crippen LogP contribution in [0.5, 0.6) is 0 Å². The van der Waals surface area contributed by atoms with Gasteiger partial charge in [0.15, 0.2) is 0 Å². The lowest BCUT2D eigenvalue weighted by Crippen LogP contribution is -2.52. The minimum absolute atomic E-state index is 0.0929. The van der Waals surface area contributed by atoms with Crippen molar-refractivity contribution in [2.45, 2.75) is 96.6 Å². The van der Waals surface area contributed by atoms with Crippen molar-refractivity contribution in [3.63, 3.8) is 0 Å². The van der Waals surface area contributed by atoms with Crippen molar-refractivity contribution in [3.05, 3.63) is 0 Å². The fourth-order valence-corrected chi connectivity index (χ4v) is 3.86. The van der Waals surface area contributed by atoms with Gasteiger partial charge in [-0.05, 0) is 73.1 Å². The summed E-state index contributed by atoms with van der Waals surface area (Å²) >= 11 is 0. The van der Waals surface area contributed by atoms with Gasteiger partial charge in [0.2, 0.25) is 0 Å². The van der Waals surface area contributed by atoms with Gasteiger partial charge in [0, 0.05) is 12.1 Å². The number of likely N-dealkylation sites (tertiary alicyclic amines) is 1. The van der Waals surface area contributed by atoms with Crippen molar-refractivity contribution in [2.75, 3.05) is 0 Å². The number of amides is 2. The van der Waals surface area contributed by atoms with Crippen molar-refractivity contribution in [1.82, 2.24) is 10.2 Å². The molecule has 8 heteroatoms. The van der Waals surface area contributed by atoms with Crippen molar-refractivity contribution >= 4 is 18.2 Å². The third-order valence-electron chi connectivity index (χ3n) is 4.79. The third-order valence-corrected chi connectivity index (χ3v) is 4.79. The van der Waals surface area contributed by atoms with Crippen LogP contribution < -0.4 is 5.32 Å². The predicted molar refractivity (Wildman–Crippen MR) is 98.4 cm³/mol. The molecular formula is C19H32N2O6. The van der Waals surface area contributed by atoms with E-state index in [9.17, 15) is 19.5 Å². The van der Waals surface area contributed by atoms with Gasteiger partial charge in [0.25, 0.3) is 0 Å². The third kappa shape index (κ3) is 5.74. The molecule has 0 aromatic carbocycles. The number of nitrogens with zero attached hydrogens (tertiary/aromatic N) is 1. The summed E-state index contributed by atoms with van der Waals surface area (Å²) in [5.41, 5.74) is -1.30. The highest BCUT2D eigenvalue weighted by molar-refractivity contribution is 5.81. The Morgan fingerprint density at radius 1 is 0.963 bits per heavy atom. The van der Waals surface area contributed by atoms with Crippen LogP contribution in [0, 0.1) is 5.92 Å². The van der Waals surface area contributed by atoms with Gasteiger partial charge in [-0.25, -0.2) is 14.4 Å². The maximum Gasteiger partial charge on any atom is 0.411 e. The van der Waals surface area contributed by atoms with Gasteiger partial charge in [-0.3, -0.25) is 4.90 Å². The Morgan fingerprint density at radius 2 is 1.56 bits per heavy atom. The van der Waals surface area contributed by atoms with Crippen LogP contribution in [-0.4, -0.2) is 57.5 Å². The van der Waals surface area contributed by atoms with E-state index in [1.165, 1.54) is 4.90 Å². The van der Waals surface area contributed by atoms with Crippen molar-refractivity contribution in [1.29, 1.82) is 0 Å². The Morgan fingerprint density at radius 3 is 2.07 bits per heavy atom. The van der Waals surface area contributed by atoms with Crippen molar-refractivity contribution in [3.8, 4) is 0 Å². The summed E-state index contributed by atoms with van der Waals surface area (Å²) < 4.78 is 10.7. The molecule has 2 N–H and O–H groups in total. The average molecular weight is 384 g/mol. The zero-order chi connectivity index (χ0) is 20.6. The molecule has 27 heavy (non-hydrogen) atoms. The predicted octanol–water partition coefficient (Wildman–Crippen LogP) is 3.14. The maximum atomic E-state index is 12.7. The summed E-state index contributed by atoms with van der Waals surface area (Å²) in [6.45, 7) is 10.6. The van der Waals surface area contributed by atoms with Crippen LogP contribution in [0.1, 0.15) is 67.2 Å². The van der Waals surface area contributed by atoms with Gasteiger partial charge in [0.1, 0.15) is 17.2 Å². The van der Waals surface area contributed by atoms with Crippen LogP contribution in [0.4, 0.5) is 9.59 Å². The molecule has 0 aromatic rings. The number of fused-ring (bicyclic) bond motifs is 1. The highest BCUT2D eigenvalue weighted by Gasteiger charge is 2.50. The number of ether oxygens (including phenoxy) is 2. The van der Waals surface area contributed by atoms with E-state index in [0.717, 1.165) is 12.8 Å². The second kappa shape index (κ2) is 7.56. The van der Waals surface area contributed by atoms with E-state index in [2.05, 4.69) is 5.32 Å². The van der Waals surface area contributed by atoms with E-state index in [1.54, 1.807) is 41.5 Å². The van der Waals surface area contributed by atoms with E-state index in [1.807, 2.05) is 0 Å². The number of carbonyl (C=O) groups excluding carboxylic acids is 2. The first-order chi connectivity index (χ1) is 12.3. The van der Waals surface area contributed by atoms with Crippen LogP contribution in [0.3, 0.4) is 0 Å². The zero-order valence-electron chi connectivity index (χ0n) is 17.1. The Balaban J connectivity index is 2.10. The Hall–Kier alpha value is -1.99. The molecule has 4 atom stereocenters. The highest BCUT2D eigenvalue weighted by atomic mass is 16.6. The molecule has 2 rings (SSSR count). The Bertz CT molecular complexity index is 592. The smallest absolute Gasteiger partial charge is 0.411 e. The largest absolute Gasteiger partial charge is 0.480 e. The molecule has 1 saturated heterocycles. The SMILES string of the molecule is CC(C)(C)OC(=O)N[C@@H]1CC[C@H]2C[C@@H](C(=O)O)N(C(=O)OC(C)(C)C)[C@H]2C1. The molecular weight excluding hydrogens is 352 g/mol. The van der Waals surface area contributed by atoms with Crippen LogP contribution in [0.2, 0.25) is 0 Å². The molecule has 1 aliphatic heterocycles. The summed E-state index contributed by atoms with van der Waals surface area (Å²) in [7, 11) is 0. The van der Waals surface area contributed by atoms with Crippen LogP contribution in [-0.2, 0) is 14.3 Å². The van der Waals surface area contributed by atoms with Gasteiger partial charge in [-0.15, -0.1) is 0 Å². The molecule has 0 aromatic heterocycles. The highest BCUT2D eigenvalue weighted by Crippen LogP contribution is 2.40. The molecule has 2 amide bonds. The molecule has 0 spiro atoms. The van der Waals surface area contributed by atoms with E-state index in [0.29, 0.717) is 12.8 Å². The molecule has 0 radical (unpaired) electrons. The van der Waals surface area contributed by atoms with E-state index < -0.39 is 35.4 Å². The maximum absolute atomic E-state index is 12.7. The molecule has 154 valence electrons. The van der Waals surface area contributed by atoms with Crippen molar-refractivity contribution < 1.29 is 29.0 Å². The number of nitrogens with one attached hydrogen (secondary N) is 1. The summed E-state index contributed by atoms with van der Waals surface area (Å²) in [5.74, 6) is -0.929. The molecule has 1 aliphatic carbocycles. The first-order valence-corrected chi connectivity index (χ1v) is 9.50. The Labute approximate surface area is 160 Å². The summed E-state index contributed by atoms with van der Waals surface area (Å²) in [5, 5.41) is 12.4. The average Bonchev–Trinajstić information content (AvgIpc) is 2.82. The molecule has 1 heterocycles. The lowest BCUT2D eigenvalue weighted by atomic mass is 9.82. The molecule has 8 nitrogen and oxygen atoms in total. The number of hydrogen-bond acceptors (Lipinski definition) is 5. The number of carboxylic acids is 1. The number of carboxylic acid groups (broad SMARTS) is 1. The van der Waals surface area contributed by atoms with E-state index in [-0.39, 0.29) is 18.0 Å². The summed E-state index contributed by atoms with van der Waals surface area (Å²) in [6.07, 6.45) is 1.27.